The highest BCUT2D eigenvalue weighted by molar-refractivity contribution is 6.30. The molecule has 3 rings (SSSR count). The van der Waals surface area contributed by atoms with Crippen molar-refractivity contribution in [3.63, 3.8) is 0 Å². The van der Waals surface area contributed by atoms with Crippen molar-refractivity contribution >= 4 is 17.5 Å². The van der Waals surface area contributed by atoms with Gasteiger partial charge >= 0.3 is 0 Å². The number of halogens is 1. The highest BCUT2D eigenvalue weighted by Crippen LogP contribution is 2.48. The Morgan fingerprint density at radius 3 is 2.59 bits per heavy atom. The van der Waals surface area contributed by atoms with Crippen LogP contribution in [0.15, 0.2) is 54.6 Å². The second kappa shape index (κ2) is 6.41. The number of hydrogen-bond acceptors (Lipinski definition) is 2. The minimum Gasteiger partial charge on any atom is -0.492 e. The van der Waals surface area contributed by atoms with Gasteiger partial charge in [-0.2, -0.15) is 0 Å². The molecule has 1 N–H and O–H groups in total. The first-order valence-corrected chi connectivity index (χ1v) is 7.81. The monoisotopic (exact) mass is 315 g/mol. The van der Waals surface area contributed by atoms with Crippen molar-refractivity contribution in [2.45, 2.75) is 18.3 Å². The van der Waals surface area contributed by atoms with Gasteiger partial charge in [-0.15, -0.1) is 0 Å². The molecule has 1 amide bonds. The van der Waals surface area contributed by atoms with Gasteiger partial charge in [0.2, 0.25) is 5.91 Å². The average Bonchev–Trinajstić information content (AvgIpc) is 3.34. The van der Waals surface area contributed by atoms with Crippen LogP contribution in [0.25, 0.3) is 0 Å². The zero-order chi connectivity index (χ0) is 15.4. The largest absolute Gasteiger partial charge is 0.492 e. The third kappa shape index (κ3) is 3.25. The molecule has 4 heteroatoms. The lowest BCUT2D eigenvalue weighted by molar-refractivity contribution is -0.123. The standard InChI is InChI=1S/C18H18ClNO2/c19-15-6-4-5-14(13-15)18(9-10-18)17(21)20-11-12-22-16-7-2-1-3-8-16/h1-8,13H,9-12H2,(H,20,21). The second-order valence-electron chi connectivity index (χ2n) is 5.51. The van der Waals surface area contributed by atoms with E-state index in [1.807, 2.05) is 54.6 Å². The molecule has 0 bridgehead atoms. The molecule has 0 radical (unpaired) electrons. The van der Waals surface area contributed by atoms with Crippen molar-refractivity contribution < 1.29 is 9.53 Å². The Balaban J connectivity index is 1.52. The molecule has 1 fully saturated rings. The van der Waals surface area contributed by atoms with Crippen molar-refractivity contribution in [3.8, 4) is 5.75 Å². The lowest BCUT2D eigenvalue weighted by Gasteiger charge is -2.16. The Hall–Kier alpha value is -2.00. The number of benzene rings is 2. The summed E-state index contributed by atoms with van der Waals surface area (Å²) < 4.78 is 5.58. The van der Waals surface area contributed by atoms with Gasteiger partial charge in [0.05, 0.1) is 12.0 Å². The van der Waals surface area contributed by atoms with Crippen LogP contribution < -0.4 is 10.1 Å². The Kier molecular flexibility index (Phi) is 4.34. The summed E-state index contributed by atoms with van der Waals surface area (Å²) in [6.07, 6.45) is 1.75. The van der Waals surface area contributed by atoms with Gasteiger partial charge < -0.3 is 10.1 Å². The number of ether oxygens (including phenoxy) is 1. The zero-order valence-corrected chi connectivity index (χ0v) is 13.0. The van der Waals surface area contributed by atoms with E-state index < -0.39 is 5.41 Å². The van der Waals surface area contributed by atoms with E-state index in [0.717, 1.165) is 24.2 Å². The number of carbonyl (C=O) groups excluding carboxylic acids is 1. The van der Waals surface area contributed by atoms with Gasteiger partial charge in [-0.05, 0) is 42.7 Å². The zero-order valence-electron chi connectivity index (χ0n) is 12.2. The molecule has 0 spiro atoms. The summed E-state index contributed by atoms with van der Waals surface area (Å²) in [6.45, 7) is 0.956. The molecule has 1 saturated carbocycles. The van der Waals surface area contributed by atoms with Crippen molar-refractivity contribution in [2.24, 2.45) is 0 Å². The van der Waals surface area contributed by atoms with Crippen LogP contribution in [0.3, 0.4) is 0 Å². The second-order valence-corrected chi connectivity index (χ2v) is 5.95. The van der Waals surface area contributed by atoms with Gasteiger partial charge in [0.25, 0.3) is 0 Å². The number of nitrogens with one attached hydrogen (secondary N) is 1. The van der Waals surface area contributed by atoms with Gasteiger partial charge in [-0.1, -0.05) is 41.9 Å². The third-order valence-electron chi connectivity index (χ3n) is 3.96. The maximum Gasteiger partial charge on any atom is 0.230 e. The molecular weight excluding hydrogens is 298 g/mol. The Labute approximate surface area is 135 Å². The predicted octanol–water partition coefficient (Wildman–Crippen LogP) is 3.57. The van der Waals surface area contributed by atoms with Crippen molar-refractivity contribution in [3.05, 3.63) is 65.2 Å². The number of hydrogen-bond donors (Lipinski definition) is 1. The van der Waals surface area contributed by atoms with Gasteiger partial charge in [0, 0.05) is 5.02 Å². The van der Waals surface area contributed by atoms with E-state index in [2.05, 4.69) is 5.32 Å². The minimum absolute atomic E-state index is 0.0615. The Bertz CT molecular complexity index is 653. The van der Waals surface area contributed by atoms with Crippen molar-refractivity contribution in [2.75, 3.05) is 13.2 Å². The molecule has 2 aromatic carbocycles. The summed E-state index contributed by atoms with van der Waals surface area (Å²) in [6, 6.07) is 17.2. The molecule has 0 atom stereocenters. The summed E-state index contributed by atoms with van der Waals surface area (Å²) in [4.78, 5) is 12.4. The fourth-order valence-corrected chi connectivity index (χ4v) is 2.77. The molecule has 0 unspecified atom stereocenters. The summed E-state index contributed by atoms with van der Waals surface area (Å²) in [5.41, 5.74) is 0.610. The number of amides is 1. The Morgan fingerprint density at radius 1 is 1.14 bits per heavy atom. The average molecular weight is 316 g/mol. The van der Waals surface area contributed by atoms with Crippen LogP contribution in [0.1, 0.15) is 18.4 Å². The number of carbonyl (C=O) groups is 1. The van der Waals surface area contributed by atoms with Gasteiger partial charge in [-0.25, -0.2) is 0 Å². The first kappa shape index (κ1) is 14.9. The van der Waals surface area contributed by atoms with E-state index >= 15 is 0 Å². The fraction of sp³-hybridized carbons (Fsp3) is 0.278. The molecular formula is C18H18ClNO2. The maximum absolute atomic E-state index is 12.4. The summed E-state index contributed by atoms with van der Waals surface area (Å²) in [5.74, 6) is 0.874. The predicted molar refractivity (Wildman–Crippen MR) is 87.3 cm³/mol. The molecule has 0 saturated heterocycles. The molecule has 2 aromatic rings. The molecule has 0 heterocycles. The number of rotatable bonds is 6. The molecule has 0 aromatic heterocycles. The Morgan fingerprint density at radius 2 is 1.91 bits per heavy atom. The third-order valence-corrected chi connectivity index (χ3v) is 4.20. The van der Waals surface area contributed by atoms with E-state index in [0.29, 0.717) is 18.2 Å². The van der Waals surface area contributed by atoms with Crippen LogP contribution in [0, 0.1) is 0 Å². The van der Waals surface area contributed by atoms with Crippen LogP contribution in [0.4, 0.5) is 0 Å². The quantitative estimate of drug-likeness (QED) is 0.828. The molecule has 114 valence electrons. The topological polar surface area (TPSA) is 38.3 Å². The van der Waals surface area contributed by atoms with E-state index in [1.54, 1.807) is 0 Å². The van der Waals surface area contributed by atoms with Crippen LogP contribution in [-0.2, 0) is 10.2 Å². The smallest absolute Gasteiger partial charge is 0.230 e. The van der Waals surface area contributed by atoms with Gasteiger partial charge in [-0.3, -0.25) is 4.79 Å². The first-order chi connectivity index (χ1) is 10.7. The van der Waals surface area contributed by atoms with E-state index in [-0.39, 0.29) is 5.91 Å². The first-order valence-electron chi connectivity index (χ1n) is 7.43. The molecule has 1 aliphatic carbocycles. The summed E-state index contributed by atoms with van der Waals surface area (Å²) in [7, 11) is 0. The van der Waals surface area contributed by atoms with E-state index in [4.69, 9.17) is 16.3 Å². The maximum atomic E-state index is 12.4. The van der Waals surface area contributed by atoms with E-state index in [1.165, 1.54) is 0 Å². The highest BCUT2D eigenvalue weighted by atomic mass is 35.5. The lowest BCUT2D eigenvalue weighted by atomic mass is 9.95. The summed E-state index contributed by atoms with van der Waals surface area (Å²) in [5, 5.41) is 3.64. The normalized spacial score (nSPS) is 15.1. The van der Waals surface area contributed by atoms with E-state index in [9.17, 15) is 4.79 Å². The lowest BCUT2D eigenvalue weighted by Crippen LogP contribution is -2.37. The number of para-hydroxylation sites is 1. The van der Waals surface area contributed by atoms with Gasteiger partial charge in [0.1, 0.15) is 12.4 Å². The molecule has 3 nitrogen and oxygen atoms in total. The van der Waals surface area contributed by atoms with Crippen LogP contribution >= 0.6 is 11.6 Å². The fourth-order valence-electron chi connectivity index (χ4n) is 2.58. The minimum atomic E-state index is -0.391. The van der Waals surface area contributed by atoms with Crippen molar-refractivity contribution in [1.82, 2.24) is 5.32 Å². The van der Waals surface area contributed by atoms with Crippen molar-refractivity contribution in [1.29, 1.82) is 0 Å². The molecule has 1 aliphatic rings. The summed E-state index contributed by atoms with van der Waals surface area (Å²) >= 11 is 6.03. The SMILES string of the molecule is O=C(NCCOc1ccccc1)C1(c2cccc(Cl)c2)CC1. The van der Waals surface area contributed by atoms with Gasteiger partial charge in [0.15, 0.2) is 0 Å². The van der Waals surface area contributed by atoms with Crippen LogP contribution in [0.2, 0.25) is 5.02 Å². The van der Waals surface area contributed by atoms with Crippen LogP contribution in [-0.4, -0.2) is 19.1 Å². The molecule has 0 aliphatic heterocycles. The van der Waals surface area contributed by atoms with Crippen LogP contribution in [0.5, 0.6) is 5.75 Å². The molecule has 22 heavy (non-hydrogen) atoms. The highest BCUT2D eigenvalue weighted by Gasteiger charge is 2.51.